The lowest BCUT2D eigenvalue weighted by atomic mass is 10.2. The first-order valence-electron chi connectivity index (χ1n) is 10.00. The van der Waals surface area contributed by atoms with Crippen molar-refractivity contribution in [1.29, 1.82) is 0 Å². The fourth-order valence-corrected chi connectivity index (χ4v) is 2.86. The molecule has 0 radical (unpaired) electrons. The van der Waals surface area contributed by atoms with Crippen molar-refractivity contribution in [2.45, 2.75) is 6.92 Å². The molecular weight excluding hydrogens is 463 g/mol. The van der Waals surface area contributed by atoms with Gasteiger partial charge in [-0.1, -0.05) is 41.9 Å². The van der Waals surface area contributed by atoms with Gasteiger partial charge in [0.25, 0.3) is 5.91 Å². The first-order chi connectivity index (χ1) is 16.3. The SMILES string of the molecule is Cc1ccc(NC(=O)COc2ccccc2/C=N\NC(=O)C(=O)Nc2ccccc2F)cc1Cl. The molecule has 0 aliphatic carbocycles. The number of carbonyl (C=O) groups is 3. The average Bonchev–Trinajstić information content (AvgIpc) is 2.82. The Morgan fingerprint density at radius 2 is 1.74 bits per heavy atom. The maximum absolute atomic E-state index is 13.6. The fraction of sp³-hybridized carbons (Fsp3) is 0.0833. The molecule has 3 rings (SSSR count). The molecule has 34 heavy (non-hydrogen) atoms. The zero-order valence-electron chi connectivity index (χ0n) is 18.0. The van der Waals surface area contributed by atoms with Crippen molar-refractivity contribution in [2.75, 3.05) is 17.2 Å². The minimum Gasteiger partial charge on any atom is -0.483 e. The fourth-order valence-electron chi connectivity index (χ4n) is 2.68. The molecule has 0 unspecified atom stereocenters. The number of anilines is 2. The summed E-state index contributed by atoms with van der Waals surface area (Å²) in [4.78, 5) is 36.0. The van der Waals surface area contributed by atoms with Gasteiger partial charge in [0.1, 0.15) is 11.6 Å². The predicted octanol–water partition coefficient (Wildman–Crippen LogP) is 3.89. The second-order valence-corrected chi connectivity index (χ2v) is 7.38. The van der Waals surface area contributed by atoms with Crippen LogP contribution in [0.2, 0.25) is 5.02 Å². The van der Waals surface area contributed by atoms with Crippen molar-refractivity contribution in [1.82, 2.24) is 5.43 Å². The van der Waals surface area contributed by atoms with Gasteiger partial charge in [-0.15, -0.1) is 0 Å². The number of hydrogen-bond donors (Lipinski definition) is 3. The highest BCUT2D eigenvalue weighted by Crippen LogP contribution is 2.20. The maximum Gasteiger partial charge on any atom is 0.329 e. The number of hydrogen-bond acceptors (Lipinski definition) is 5. The van der Waals surface area contributed by atoms with Gasteiger partial charge in [-0.25, -0.2) is 9.82 Å². The minimum absolute atomic E-state index is 0.128. The summed E-state index contributed by atoms with van der Waals surface area (Å²) < 4.78 is 19.1. The van der Waals surface area contributed by atoms with Crippen molar-refractivity contribution in [3.63, 3.8) is 0 Å². The van der Waals surface area contributed by atoms with Crippen LogP contribution in [0, 0.1) is 12.7 Å². The zero-order chi connectivity index (χ0) is 24.5. The lowest BCUT2D eigenvalue weighted by Gasteiger charge is -2.10. The monoisotopic (exact) mass is 482 g/mol. The van der Waals surface area contributed by atoms with Gasteiger partial charge in [-0.05, 0) is 48.9 Å². The van der Waals surface area contributed by atoms with Gasteiger partial charge in [0, 0.05) is 16.3 Å². The molecule has 174 valence electrons. The summed E-state index contributed by atoms with van der Waals surface area (Å²) in [6.07, 6.45) is 1.25. The molecule has 3 aromatic rings. The molecule has 0 aliphatic heterocycles. The Labute approximate surface area is 199 Å². The number of ether oxygens (including phenoxy) is 1. The van der Waals surface area contributed by atoms with E-state index in [0.717, 1.165) is 11.6 Å². The van der Waals surface area contributed by atoms with E-state index in [4.69, 9.17) is 16.3 Å². The predicted molar refractivity (Wildman–Crippen MR) is 128 cm³/mol. The molecule has 0 atom stereocenters. The third-order valence-corrected chi connectivity index (χ3v) is 4.84. The molecule has 3 aromatic carbocycles. The molecule has 3 amide bonds. The zero-order valence-corrected chi connectivity index (χ0v) is 18.7. The minimum atomic E-state index is -1.09. The van der Waals surface area contributed by atoms with Crippen molar-refractivity contribution in [3.8, 4) is 5.75 Å². The molecule has 3 N–H and O–H groups in total. The van der Waals surface area contributed by atoms with Gasteiger partial charge in [-0.2, -0.15) is 5.10 Å². The first kappa shape index (κ1) is 24.4. The Hall–Kier alpha value is -4.24. The van der Waals surface area contributed by atoms with E-state index >= 15 is 0 Å². The van der Waals surface area contributed by atoms with Crippen LogP contribution in [0.5, 0.6) is 5.75 Å². The molecule has 0 fully saturated rings. The van der Waals surface area contributed by atoms with Crippen molar-refractivity contribution < 1.29 is 23.5 Å². The summed E-state index contributed by atoms with van der Waals surface area (Å²) in [5.74, 6) is -2.92. The Kier molecular flexibility index (Phi) is 8.31. The van der Waals surface area contributed by atoms with E-state index in [9.17, 15) is 18.8 Å². The van der Waals surface area contributed by atoms with E-state index in [2.05, 4.69) is 21.2 Å². The van der Waals surface area contributed by atoms with Crippen molar-refractivity contribution in [2.24, 2.45) is 5.10 Å². The van der Waals surface area contributed by atoms with Crippen LogP contribution in [-0.2, 0) is 14.4 Å². The number of hydrazone groups is 1. The number of nitrogens with zero attached hydrogens (tertiary/aromatic N) is 1. The van der Waals surface area contributed by atoms with Crippen LogP contribution in [-0.4, -0.2) is 30.5 Å². The summed E-state index contributed by atoms with van der Waals surface area (Å²) >= 11 is 6.06. The highest BCUT2D eigenvalue weighted by atomic mass is 35.5. The number of amides is 3. The van der Waals surface area contributed by atoms with Gasteiger partial charge in [-0.3, -0.25) is 14.4 Å². The number of nitrogens with one attached hydrogen (secondary N) is 3. The molecule has 0 saturated heterocycles. The van der Waals surface area contributed by atoms with Crippen molar-refractivity contribution in [3.05, 3.63) is 88.7 Å². The van der Waals surface area contributed by atoms with E-state index in [1.54, 1.807) is 42.5 Å². The Morgan fingerprint density at radius 1 is 1.00 bits per heavy atom. The largest absolute Gasteiger partial charge is 0.483 e. The second-order valence-electron chi connectivity index (χ2n) is 6.97. The molecule has 10 heteroatoms. The lowest BCUT2D eigenvalue weighted by Crippen LogP contribution is -2.32. The van der Waals surface area contributed by atoms with Gasteiger partial charge in [0.15, 0.2) is 6.61 Å². The highest BCUT2D eigenvalue weighted by Gasteiger charge is 2.15. The van der Waals surface area contributed by atoms with Gasteiger partial charge < -0.3 is 15.4 Å². The van der Waals surface area contributed by atoms with E-state index in [-0.39, 0.29) is 12.3 Å². The van der Waals surface area contributed by atoms with Crippen LogP contribution in [0.25, 0.3) is 0 Å². The second kappa shape index (κ2) is 11.6. The standard InChI is InChI=1S/C24H20ClFN4O4/c1-15-10-11-17(12-18(15)25)28-22(31)14-34-21-9-5-2-6-16(21)13-27-30-24(33)23(32)29-20-8-4-3-7-19(20)26/h2-13H,14H2,1H3,(H,28,31)(H,29,32)(H,30,33)/b27-13-. The van der Waals surface area contributed by atoms with Crippen LogP contribution in [0.1, 0.15) is 11.1 Å². The van der Waals surface area contributed by atoms with E-state index in [0.29, 0.717) is 22.0 Å². The number of carbonyl (C=O) groups excluding carboxylic acids is 3. The van der Waals surface area contributed by atoms with E-state index in [1.807, 2.05) is 6.92 Å². The van der Waals surface area contributed by atoms with Crippen LogP contribution < -0.4 is 20.8 Å². The summed E-state index contributed by atoms with van der Waals surface area (Å²) in [7, 11) is 0. The van der Waals surface area contributed by atoms with E-state index in [1.165, 1.54) is 24.4 Å². The number of para-hydroxylation sites is 2. The molecule has 8 nitrogen and oxygen atoms in total. The molecular formula is C24H20ClFN4O4. The number of halogens is 2. The maximum atomic E-state index is 13.6. The summed E-state index contributed by atoms with van der Waals surface area (Å²) in [5, 5.41) is 9.09. The number of benzene rings is 3. The highest BCUT2D eigenvalue weighted by molar-refractivity contribution is 6.39. The number of aryl methyl sites for hydroxylation is 1. The topological polar surface area (TPSA) is 109 Å². The third kappa shape index (κ3) is 6.88. The van der Waals surface area contributed by atoms with Crippen LogP contribution in [0.15, 0.2) is 71.8 Å². The Balaban J connectivity index is 1.54. The molecule has 0 heterocycles. The quantitative estimate of drug-likeness (QED) is 0.269. The smallest absolute Gasteiger partial charge is 0.329 e. The summed E-state index contributed by atoms with van der Waals surface area (Å²) in [5.41, 5.74) is 3.80. The van der Waals surface area contributed by atoms with Crippen LogP contribution in [0.3, 0.4) is 0 Å². The van der Waals surface area contributed by atoms with Gasteiger partial charge in [0.05, 0.1) is 11.9 Å². The van der Waals surface area contributed by atoms with E-state index < -0.39 is 23.5 Å². The third-order valence-electron chi connectivity index (χ3n) is 4.43. The lowest BCUT2D eigenvalue weighted by molar-refractivity contribution is -0.136. The summed E-state index contributed by atoms with van der Waals surface area (Å²) in [6.45, 7) is 1.57. The van der Waals surface area contributed by atoms with Crippen LogP contribution in [0.4, 0.5) is 15.8 Å². The molecule has 0 aromatic heterocycles. The van der Waals surface area contributed by atoms with Crippen LogP contribution >= 0.6 is 11.6 Å². The van der Waals surface area contributed by atoms with Gasteiger partial charge in [0.2, 0.25) is 0 Å². The normalized spacial score (nSPS) is 10.6. The average molecular weight is 483 g/mol. The van der Waals surface area contributed by atoms with Crippen molar-refractivity contribution >= 4 is 46.9 Å². The molecule has 0 spiro atoms. The Morgan fingerprint density at radius 3 is 2.50 bits per heavy atom. The first-order valence-corrected chi connectivity index (χ1v) is 10.4. The molecule has 0 aliphatic rings. The summed E-state index contributed by atoms with van der Waals surface area (Å²) in [6, 6.07) is 17.3. The van der Waals surface area contributed by atoms with Gasteiger partial charge >= 0.3 is 11.8 Å². The molecule has 0 bridgehead atoms. The Bertz CT molecular complexity index is 1250. The molecule has 0 saturated carbocycles. The number of rotatable bonds is 7.